The van der Waals surface area contributed by atoms with Crippen molar-refractivity contribution in [1.29, 1.82) is 0 Å². The van der Waals surface area contributed by atoms with Gasteiger partial charge in [0.25, 0.3) is 5.91 Å². The standard InChI is InChI=1S/C16H20N4O4S/c1-10-15(18-16(21)14-8-13(24-3)4-6-17-14)11(2)20(19-10)12-5-7-25(22,23)9-12/h4,6,8,12H,5,7,9H2,1-3H3,(H,18,21). The molecular formula is C16H20N4O4S. The first kappa shape index (κ1) is 17.4. The minimum absolute atomic E-state index is 0.0831. The van der Waals surface area contributed by atoms with E-state index in [2.05, 4.69) is 15.4 Å². The summed E-state index contributed by atoms with van der Waals surface area (Å²) < 4.78 is 30.2. The summed E-state index contributed by atoms with van der Waals surface area (Å²) in [5.41, 5.74) is 2.18. The van der Waals surface area contributed by atoms with Gasteiger partial charge in [-0.05, 0) is 26.3 Å². The van der Waals surface area contributed by atoms with Gasteiger partial charge in [0, 0.05) is 12.3 Å². The maximum Gasteiger partial charge on any atom is 0.274 e. The van der Waals surface area contributed by atoms with Gasteiger partial charge in [0.15, 0.2) is 9.84 Å². The quantitative estimate of drug-likeness (QED) is 0.882. The van der Waals surface area contributed by atoms with Crippen LogP contribution in [0.1, 0.15) is 34.3 Å². The zero-order valence-corrected chi connectivity index (χ0v) is 15.1. The Morgan fingerprint density at radius 1 is 1.40 bits per heavy atom. The highest BCUT2D eigenvalue weighted by molar-refractivity contribution is 7.91. The van der Waals surface area contributed by atoms with Crippen LogP contribution in [-0.4, -0.2) is 47.7 Å². The lowest BCUT2D eigenvalue weighted by molar-refractivity contribution is 0.102. The molecule has 0 saturated carbocycles. The number of nitrogens with one attached hydrogen (secondary N) is 1. The molecule has 1 fully saturated rings. The fourth-order valence-corrected chi connectivity index (χ4v) is 4.70. The zero-order chi connectivity index (χ0) is 18.2. The Balaban J connectivity index is 1.84. The first-order valence-corrected chi connectivity index (χ1v) is 9.70. The Morgan fingerprint density at radius 3 is 2.80 bits per heavy atom. The molecule has 25 heavy (non-hydrogen) atoms. The molecule has 1 aliphatic heterocycles. The number of anilines is 1. The largest absolute Gasteiger partial charge is 0.497 e. The maximum atomic E-state index is 12.5. The van der Waals surface area contributed by atoms with Crippen molar-refractivity contribution in [3.05, 3.63) is 35.4 Å². The van der Waals surface area contributed by atoms with E-state index in [1.165, 1.54) is 13.3 Å². The average Bonchev–Trinajstić information content (AvgIpc) is 3.08. The molecular weight excluding hydrogens is 344 g/mol. The Labute approximate surface area is 146 Å². The average molecular weight is 364 g/mol. The number of pyridine rings is 1. The molecule has 1 N–H and O–H groups in total. The van der Waals surface area contributed by atoms with Crippen LogP contribution in [0.3, 0.4) is 0 Å². The van der Waals surface area contributed by atoms with Crippen LogP contribution in [0.5, 0.6) is 5.75 Å². The third-order valence-corrected chi connectivity index (χ3v) is 6.07. The number of aryl methyl sites for hydroxylation is 1. The van der Waals surface area contributed by atoms with E-state index >= 15 is 0 Å². The van der Waals surface area contributed by atoms with Crippen molar-refractivity contribution in [2.24, 2.45) is 0 Å². The smallest absolute Gasteiger partial charge is 0.274 e. The minimum atomic E-state index is -3.01. The van der Waals surface area contributed by atoms with E-state index in [4.69, 9.17) is 4.74 Å². The zero-order valence-electron chi connectivity index (χ0n) is 14.3. The van der Waals surface area contributed by atoms with Gasteiger partial charge in [0.1, 0.15) is 11.4 Å². The minimum Gasteiger partial charge on any atom is -0.497 e. The van der Waals surface area contributed by atoms with Crippen molar-refractivity contribution in [2.75, 3.05) is 23.9 Å². The second-order valence-corrected chi connectivity index (χ2v) is 8.31. The van der Waals surface area contributed by atoms with Crippen LogP contribution in [0.25, 0.3) is 0 Å². The Kier molecular flexibility index (Phi) is 4.51. The summed E-state index contributed by atoms with van der Waals surface area (Å²) >= 11 is 0. The summed E-state index contributed by atoms with van der Waals surface area (Å²) in [5.74, 6) is 0.426. The number of sulfone groups is 1. The first-order valence-electron chi connectivity index (χ1n) is 7.88. The van der Waals surface area contributed by atoms with E-state index < -0.39 is 9.84 Å². The molecule has 8 nitrogen and oxygen atoms in total. The van der Waals surface area contributed by atoms with Gasteiger partial charge >= 0.3 is 0 Å². The molecule has 2 aromatic rings. The van der Waals surface area contributed by atoms with E-state index in [-0.39, 0.29) is 29.1 Å². The number of carbonyl (C=O) groups excluding carboxylic acids is 1. The lowest BCUT2D eigenvalue weighted by Crippen LogP contribution is -2.16. The highest BCUT2D eigenvalue weighted by Gasteiger charge is 2.31. The van der Waals surface area contributed by atoms with Gasteiger partial charge in [0.2, 0.25) is 0 Å². The molecule has 0 bridgehead atoms. The molecule has 0 aromatic carbocycles. The van der Waals surface area contributed by atoms with Gasteiger partial charge in [-0.1, -0.05) is 0 Å². The molecule has 3 rings (SSSR count). The van der Waals surface area contributed by atoms with Crippen molar-refractivity contribution in [3.63, 3.8) is 0 Å². The number of nitrogens with zero attached hydrogens (tertiary/aromatic N) is 3. The molecule has 3 heterocycles. The molecule has 9 heteroatoms. The second kappa shape index (κ2) is 6.47. The van der Waals surface area contributed by atoms with E-state index in [1.807, 2.05) is 6.92 Å². The van der Waals surface area contributed by atoms with Gasteiger partial charge in [-0.2, -0.15) is 5.10 Å². The number of aromatic nitrogens is 3. The van der Waals surface area contributed by atoms with Crippen LogP contribution in [0, 0.1) is 13.8 Å². The van der Waals surface area contributed by atoms with Crippen LogP contribution >= 0.6 is 0 Å². The first-order chi connectivity index (χ1) is 11.8. The molecule has 0 aliphatic carbocycles. The van der Waals surface area contributed by atoms with Crippen LogP contribution in [0.15, 0.2) is 18.3 Å². The fourth-order valence-electron chi connectivity index (χ4n) is 3.01. The van der Waals surface area contributed by atoms with Gasteiger partial charge in [-0.3, -0.25) is 14.5 Å². The molecule has 1 atom stereocenters. The van der Waals surface area contributed by atoms with E-state index in [1.54, 1.807) is 23.7 Å². The predicted molar refractivity (Wildman–Crippen MR) is 92.8 cm³/mol. The topological polar surface area (TPSA) is 103 Å². The summed E-state index contributed by atoms with van der Waals surface area (Å²) in [6.45, 7) is 3.60. The van der Waals surface area contributed by atoms with Gasteiger partial charge in [0.05, 0.1) is 41.7 Å². The summed E-state index contributed by atoms with van der Waals surface area (Å²) in [6.07, 6.45) is 2.04. The normalized spacial score (nSPS) is 18.9. The summed E-state index contributed by atoms with van der Waals surface area (Å²) in [5, 5.41) is 7.25. The van der Waals surface area contributed by atoms with Gasteiger partial charge in [-0.25, -0.2) is 8.42 Å². The molecule has 134 valence electrons. The number of amides is 1. The van der Waals surface area contributed by atoms with Gasteiger partial charge < -0.3 is 10.1 Å². The fraction of sp³-hybridized carbons (Fsp3) is 0.438. The number of hydrogen-bond donors (Lipinski definition) is 1. The molecule has 2 aromatic heterocycles. The Bertz CT molecular complexity index is 920. The molecule has 0 spiro atoms. The summed E-state index contributed by atoms with van der Waals surface area (Å²) in [6, 6.07) is 3.02. The molecule has 0 radical (unpaired) electrons. The number of carbonyl (C=O) groups is 1. The SMILES string of the molecule is COc1ccnc(C(=O)Nc2c(C)nn(C3CCS(=O)(=O)C3)c2C)c1. The molecule has 1 saturated heterocycles. The highest BCUT2D eigenvalue weighted by Crippen LogP contribution is 2.29. The van der Waals surface area contributed by atoms with Crippen molar-refractivity contribution in [1.82, 2.24) is 14.8 Å². The van der Waals surface area contributed by atoms with Crippen molar-refractivity contribution in [2.45, 2.75) is 26.3 Å². The molecule has 1 amide bonds. The van der Waals surface area contributed by atoms with Crippen molar-refractivity contribution < 1.29 is 17.9 Å². The van der Waals surface area contributed by atoms with Crippen LogP contribution in [-0.2, 0) is 9.84 Å². The summed E-state index contributed by atoms with van der Waals surface area (Å²) in [7, 11) is -1.49. The van der Waals surface area contributed by atoms with Crippen LogP contribution < -0.4 is 10.1 Å². The highest BCUT2D eigenvalue weighted by atomic mass is 32.2. The Hall–Kier alpha value is -2.42. The van der Waals surface area contributed by atoms with Crippen molar-refractivity contribution in [3.8, 4) is 5.75 Å². The maximum absolute atomic E-state index is 12.5. The third kappa shape index (κ3) is 3.51. The molecule has 1 aliphatic rings. The lowest BCUT2D eigenvalue weighted by atomic mass is 10.2. The van der Waals surface area contributed by atoms with E-state index in [0.29, 0.717) is 23.6 Å². The number of rotatable bonds is 4. The second-order valence-electron chi connectivity index (χ2n) is 6.08. The van der Waals surface area contributed by atoms with Crippen LogP contribution in [0.2, 0.25) is 0 Å². The lowest BCUT2D eigenvalue weighted by Gasteiger charge is -2.11. The van der Waals surface area contributed by atoms with Crippen molar-refractivity contribution >= 4 is 21.4 Å². The van der Waals surface area contributed by atoms with E-state index in [0.717, 1.165) is 5.69 Å². The molecule has 1 unspecified atom stereocenters. The van der Waals surface area contributed by atoms with Crippen LogP contribution in [0.4, 0.5) is 5.69 Å². The van der Waals surface area contributed by atoms with Gasteiger partial charge in [-0.15, -0.1) is 0 Å². The predicted octanol–water partition coefficient (Wildman–Crippen LogP) is 1.52. The number of ether oxygens (including phenoxy) is 1. The third-order valence-electron chi connectivity index (χ3n) is 4.32. The number of hydrogen-bond acceptors (Lipinski definition) is 6. The monoisotopic (exact) mass is 364 g/mol. The van der Waals surface area contributed by atoms with E-state index in [9.17, 15) is 13.2 Å². The summed E-state index contributed by atoms with van der Waals surface area (Å²) in [4.78, 5) is 16.5. The number of methoxy groups -OCH3 is 1. The Morgan fingerprint density at radius 2 is 2.16 bits per heavy atom.